The lowest BCUT2D eigenvalue weighted by Crippen LogP contribution is -2.31. The Bertz CT molecular complexity index is 1210. The highest BCUT2D eigenvalue weighted by atomic mass is 35.5. The van der Waals surface area contributed by atoms with Crippen LogP contribution in [0.5, 0.6) is 0 Å². The number of alkyl halides is 1. The summed E-state index contributed by atoms with van der Waals surface area (Å²) >= 11 is 11.9. The van der Waals surface area contributed by atoms with Gasteiger partial charge in [-0.05, 0) is 42.3 Å². The molecule has 0 fully saturated rings. The van der Waals surface area contributed by atoms with E-state index in [0.29, 0.717) is 10.9 Å². The largest absolute Gasteiger partial charge is 0.368 e. The summed E-state index contributed by atoms with van der Waals surface area (Å²) < 4.78 is 15.4. The van der Waals surface area contributed by atoms with E-state index in [9.17, 15) is 18.8 Å². The fourth-order valence-electron chi connectivity index (χ4n) is 3.06. The first-order valence-electron chi connectivity index (χ1n) is 8.98. The molecule has 0 unspecified atom stereocenters. The second kappa shape index (κ2) is 8.85. The number of carbonyl (C=O) groups is 2. The van der Waals surface area contributed by atoms with Gasteiger partial charge in [0.05, 0.1) is 17.1 Å². The Balaban J connectivity index is 1.95. The average Bonchev–Trinajstić information content (AvgIpc) is 2.71. The summed E-state index contributed by atoms with van der Waals surface area (Å²) in [7, 11) is 0. The molecule has 156 valence electrons. The highest BCUT2D eigenvalue weighted by Gasteiger charge is 2.18. The summed E-state index contributed by atoms with van der Waals surface area (Å²) in [6.45, 7) is 1.51. The van der Waals surface area contributed by atoms with Gasteiger partial charge in [-0.2, -0.15) is 0 Å². The van der Waals surface area contributed by atoms with Gasteiger partial charge in [0.1, 0.15) is 11.9 Å². The molecule has 2 aromatic carbocycles. The zero-order chi connectivity index (χ0) is 22.0. The maximum Gasteiger partial charge on any atom is 0.259 e. The number of hydrogen-bond donors (Lipinski definition) is 2. The van der Waals surface area contributed by atoms with Gasteiger partial charge in [-0.1, -0.05) is 23.7 Å². The van der Waals surface area contributed by atoms with Crippen molar-refractivity contribution in [3.63, 3.8) is 0 Å². The number of fused-ring (bicyclic) bond motifs is 1. The first kappa shape index (κ1) is 21.8. The van der Waals surface area contributed by atoms with Crippen molar-refractivity contribution in [2.45, 2.75) is 25.3 Å². The van der Waals surface area contributed by atoms with Crippen molar-refractivity contribution in [1.29, 1.82) is 0 Å². The quantitative estimate of drug-likeness (QED) is 0.560. The Morgan fingerprint density at radius 2 is 1.93 bits per heavy atom. The van der Waals surface area contributed by atoms with Crippen molar-refractivity contribution in [2.24, 2.45) is 5.73 Å². The molecule has 0 bridgehead atoms. The van der Waals surface area contributed by atoms with Crippen molar-refractivity contribution in [1.82, 2.24) is 4.57 Å². The number of nitrogens with one attached hydrogen (secondary N) is 1. The summed E-state index contributed by atoms with van der Waals surface area (Å²) in [5.74, 6) is -1.52. The van der Waals surface area contributed by atoms with Crippen LogP contribution in [-0.4, -0.2) is 16.4 Å². The van der Waals surface area contributed by atoms with E-state index in [1.165, 1.54) is 42.0 Å². The minimum atomic E-state index is -0.838. The number of benzene rings is 2. The summed E-state index contributed by atoms with van der Waals surface area (Å²) in [6, 6.07) is 8.12. The molecule has 3 aromatic rings. The van der Waals surface area contributed by atoms with Crippen molar-refractivity contribution in [3.8, 4) is 0 Å². The molecule has 30 heavy (non-hydrogen) atoms. The molecule has 1 heterocycles. The molecule has 3 N–H and O–H groups in total. The second-order valence-corrected chi connectivity index (χ2v) is 7.45. The summed E-state index contributed by atoms with van der Waals surface area (Å²) in [6.07, 6.45) is 1.19. The molecule has 6 nitrogen and oxygen atoms in total. The van der Waals surface area contributed by atoms with Gasteiger partial charge < -0.3 is 15.6 Å². The standard InChI is InChI=1S/C21H18Cl2FN3O3/c1-11(20(25)29)27-7-6-14-15(21(27)30)4-5-16(23)19(14)26-18(28)9-13-3-2-12(10-22)8-17(13)24/h2-8,11H,9-10H2,1H3,(H2,25,29)(H,26,28)/t11-/m1/s1. The van der Waals surface area contributed by atoms with Gasteiger partial charge in [-0.15, -0.1) is 11.6 Å². The normalized spacial score (nSPS) is 12.0. The molecule has 0 spiro atoms. The molecular weight excluding hydrogens is 432 g/mol. The van der Waals surface area contributed by atoms with Crippen LogP contribution in [-0.2, 0) is 21.9 Å². The zero-order valence-electron chi connectivity index (χ0n) is 15.9. The number of carbonyl (C=O) groups excluding carboxylic acids is 2. The Kier molecular flexibility index (Phi) is 6.43. The first-order valence-corrected chi connectivity index (χ1v) is 9.90. The number of anilines is 1. The molecular formula is C21H18Cl2FN3O3. The van der Waals surface area contributed by atoms with Crippen molar-refractivity contribution >= 4 is 51.5 Å². The van der Waals surface area contributed by atoms with Crippen LogP contribution in [0.3, 0.4) is 0 Å². The van der Waals surface area contributed by atoms with E-state index in [0.717, 1.165) is 0 Å². The molecule has 1 atom stereocenters. The number of hydrogen-bond acceptors (Lipinski definition) is 3. The Hall–Kier alpha value is -2.90. The molecule has 0 saturated heterocycles. The van der Waals surface area contributed by atoms with Gasteiger partial charge in [0, 0.05) is 22.8 Å². The number of nitrogens with two attached hydrogens (primary N) is 1. The molecule has 0 aliphatic heterocycles. The third kappa shape index (κ3) is 4.32. The van der Waals surface area contributed by atoms with E-state index >= 15 is 0 Å². The fourth-order valence-corrected chi connectivity index (χ4v) is 3.44. The number of nitrogens with zero attached hydrogens (tertiary/aromatic N) is 1. The van der Waals surface area contributed by atoms with Gasteiger partial charge in [-0.25, -0.2) is 4.39 Å². The topological polar surface area (TPSA) is 94.2 Å². The fraction of sp³-hybridized carbons (Fsp3) is 0.190. The van der Waals surface area contributed by atoms with Gasteiger partial charge in [0.25, 0.3) is 5.56 Å². The van der Waals surface area contributed by atoms with E-state index < -0.39 is 29.2 Å². The molecule has 0 aliphatic carbocycles. The van der Waals surface area contributed by atoms with Crippen LogP contribution < -0.4 is 16.6 Å². The number of pyridine rings is 1. The summed E-state index contributed by atoms with van der Waals surface area (Å²) in [5.41, 5.74) is 5.88. The Labute approximate surface area is 181 Å². The molecule has 1 aromatic heterocycles. The first-order chi connectivity index (χ1) is 14.2. The van der Waals surface area contributed by atoms with Crippen molar-refractivity contribution in [2.75, 3.05) is 5.32 Å². The number of rotatable bonds is 6. The van der Waals surface area contributed by atoms with E-state index in [-0.39, 0.29) is 34.0 Å². The van der Waals surface area contributed by atoms with E-state index in [2.05, 4.69) is 5.32 Å². The van der Waals surface area contributed by atoms with E-state index in [1.54, 1.807) is 12.1 Å². The van der Waals surface area contributed by atoms with Crippen LogP contribution in [0.25, 0.3) is 10.8 Å². The van der Waals surface area contributed by atoms with Gasteiger partial charge in [0.15, 0.2) is 0 Å². The third-order valence-corrected chi connectivity index (χ3v) is 5.40. The van der Waals surface area contributed by atoms with Gasteiger partial charge >= 0.3 is 0 Å². The lowest BCUT2D eigenvalue weighted by molar-refractivity contribution is -0.120. The summed E-state index contributed by atoms with van der Waals surface area (Å²) in [4.78, 5) is 36.7. The minimum Gasteiger partial charge on any atom is -0.368 e. The van der Waals surface area contributed by atoms with Gasteiger partial charge in [0.2, 0.25) is 11.8 Å². The third-order valence-electron chi connectivity index (χ3n) is 4.78. The maximum atomic E-state index is 14.2. The molecule has 0 saturated carbocycles. The van der Waals surface area contributed by atoms with Crippen LogP contribution in [0, 0.1) is 5.82 Å². The molecule has 0 aliphatic rings. The predicted octanol–water partition coefficient (Wildman–Crippen LogP) is 3.76. The van der Waals surface area contributed by atoms with Crippen LogP contribution in [0.15, 0.2) is 47.4 Å². The monoisotopic (exact) mass is 449 g/mol. The van der Waals surface area contributed by atoms with E-state index in [4.69, 9.17) is 28.9 Å². The van der Waals surface area contributed by atoms with Gasteiger partial charge in [-0.3, -0.25) is 14.4 Å². The minimum absolute atomic E-state index is 0.168. The highest BCUT2D eigenvalue weighted by molar-refractivity contribution is 6.35. The zero-order valence-corrected chi connectivity index (χ0v) is 17.4. The molecule has 3 rings (SSSR count). The van der Waals surface area contributed by atoms with Crippen molar-refractivity contribution < 1.29 is 14.0 Å². The number of primary amides is 1. The molecule has 2 amide bonds. The van der Waals surface area contributed by atoms with Crippen LogP contribution in [0.2, 0.25) is 5.02 Å². The van der Waals surface area contributed by atoms with Crippen molar-refractivity contribution in [3.05, 3.63) is 74.9 Å². The Morgan fingerprint density at radius 1 is 1.20 bits per heavy atom. The number of halogens is 3. The highest BCUT2D eigenvalue weighted by Crippen LogP contribution is 2.30. The van der Waals surface area contributed by atoms with Crippen LogP contribution >= 0.6 is 23.2 Å². The smallest absolute Gasteiger partial charge is 0.259 e. The van der Waals surface area contributed by atoms with Crippen LogP contribution in [0.1, 0.15) is 24.1 Å². The average molecular weight is 450 g/mol. The summed E-state index contributed by atoms with van der Waals surface area (Å²) in [5, 5.41) is 3.52. The number of aromatic nitrogens is 1. The maximum absolute atomic E-state index is 14.2. The lowest BCUT2D eigenvalue weighted by atomic mass is 10.1. The number of amides is 2. The van der Waals surface area contributed by atoms with E-state index in [1.807, 2.05) is 0 Å². The SMILES string of the molecule is C[C@H](C(N)=O)n1ccc2c(NC(=O)Cc3ccc(CCl)cc3F)c(Cl)ccc2c1=O. The lowest BCUT2D eigenvalue weighted by Gasteiger charge is -2.15. The molecule has 0 radical (unpaired) electrons. The predicted molar refractivity (Wildman–Crippen MR) is 115 cm³/mol. The second-order valence-electron chi connectivity index (χ2n) is 6.77. The Morgan fingerprint density at radius 3 is 2.57 bits per heavy atom. The van der Waals surface area contributed by atoms with Crippen LogP contribution in [0.4, 0.5) is 10.1 Å². The molecule has 9 heteroatoms.